The first-order valence-corrected chi connectivity index (χ1v) is 10.1. The minimum absolute atomic E-state index is 0. The Morgan fingerprint density at radius 2 is 2.07 bits per heavy atom. The Morgan fingerprint density at radius 1 is 1.17 bits per heavy atom. The third-order valence-corrected chi connectivity index (χ3v) is 4.90. The van der Waals surface area contributed by atoms with Gasteiger partial charge in [-0.05, 0) is 36.8 Å². The van der Waals surface area contributed by atoms with E-state index in [4.69, 9.17) is 14.3 Å². The van der Waals surface area contributed by atoms with Crippen molar-refractivity contribution in [2.45, 2.75) is 6.42 Å². The molecule has 10 heteroatoms. The minimum Gasteiger partial charge on any atom is -0.492 e. The number of nitrogens with zero attached hydrogens (tertiary/aromatic N) is 3. The van der Waals surface area contributed by atoms with Crippen LogP contribution >= 0.6 is 28.3 Å². The maximum Gasteiger partial charge on any atom is 0.226 e. The Kier molecular flexibility index (Phi) is 8.03. The van der Waals surface area contributed by atoms with Crippen molar-refractivity contribution in [3.8, 4) is 11.6 Å². The molecule has 1 N–H and O–H groups in total. The van der Waals surface area contributed by atoms with E-state index in [2.05, 4.69) is 31.2 Å². The van der Waals surface area contributed by atoms with Crippen LogP contribution in [0.4, 0.5) is 10.1 Å². The molecule has 3 aromatic rings. The van der Waals surface area contributed by atoms with Crippen LogP contribution in [-0.4, -0.2) is 48.1 Å². The van der Waals surface area contributed by atoms with Crippen molar-refractivity contribution in [2.75, 3.05) is 38.4 Å². The Morgan fingerprint density at radius 3 is 2.87 bits per heavy atom. The fourth-order valence-corrected chi connectivity index (χ4v) is 3.31. The average molecular weight is 500 g/mol. The Hall–Kier alpha value is -2.20. The van der Waals surface area contributed by atoms with Crippen LogP contribution in [0.15, 0.2) is 47.2 Å². The summed E-state index contributed by atoms with van der Waals surface area (Å²) in [5, 5.41) is 5.56. The Balaban J connectivity index is 0.00000256. The highest BCUT2D eigenvalue weighted by Gasteiger charge is 2.12. The third-order valence-electron chi connectivity index (χ3n) is 4.41. The monoisotopic (exact) mass is 498 g/mol. The van der Waals surface area contributed by atoms with Gasteiger partial charge in [0.05, 0.1) is 29.7 Å². The lowest BCUT2D eigenvalue weighted by Gasteiger charge is -2.14. The fourth-order valence-electron chi connectivity index (χ4n) is 2.97. The van der Waals surface area contributed by atoms with Crippen LogP contribution in [0.25, 0.3) is 10.9 Å². The molecule has 0 spiro atoms. The predicted molar refractivity (Wildman–Crippen MR) is 118 cm³/mol. The molecule has 1 saturated heterocycles. The van der Waals surface area contributed by atoms with Gasteiger partial charge in [-0.2, -0.15) is 5.06 Å². The topological polar surface area (TPSA) is 68.7 Å². The first-order valence-electron chi connectivity index (χ1n) is 9.26. The van der Waals surface area contributed by atoms with Crippen molar-refractivity contribution >= 4 is 44.9 Å². The standard InChI is InChI=1S/C20H20BrFN4O3.ClH/c21-14-2-5-18(17(22)10-14)25-13-28-20-16-4-3-15(11-19(16)23-12-24-20)27-9-7-26-6-1-8-29-26;/h2-5,10-12,25H,1,6-9,13H2;1H. The van der Waals surface area contributed by atoms with Crippen molar-refractivity contribution in [2.24, 2.45) is 0 Å². The van der Waals surface area contributed by atoms with E-state index in [0.29, 0.717) is 34.7 Å². The van der Waals surface area contributed by atoms with Crippen molar-refractivity contribution in [1.82, 2.24) is 15.0 Å². The molecule has 1 aromatic heterocycles. The number of anilines is 1. The van der Waals surface area contributed by atoms with Crippen LogP contribution in [-0.2, 0) is 4.84 Å². The third kappa shape index (κ3) is 5.69. The van der Waals surface area contributed by atoms with Crippen molar-refractivity contribution in [3.63, 3.8) is 0 Å². The SMILES string of the molecule is Cl.Fc1cc(Br)ccc1NCOc1ncnc2cc(OCCN3CCCO3)ccc12. The molecule has 7 nitrogen and oxygen atoms in total. The molecule has 1 aliphatic heterocycles. The second kappa shape index (κ2) is 10.7. The van der Waals surface area contributed by atoms with E-state index in [0.717, 1.165) is 30.7 Å². The lowest BCUT2D eigenvalue weighted by atomic mass is 10.2. The number of nitrogens with one attached hydrogen (secondary N) is 1. The highest BCUT2D eigenvalue weighted by molar-refractivity contribution is 9.10. The molecule has 2 heterocycles. The Labute approximate surface area is 188 Å². The molecule has 0 unspecified atom stereocenters. The molecule has 160 valence electrons. The molecule has 0 saturated carbocycles. The second-order valence-corrected chi connectivity index (χ2v) is 7.33. The number of halogens is 3. The zero-order chi connectivity index (χ0) is 20.1. The Bertz CT molecular complexity index is 991. The maximum absolute atomic E-state index is 13.9. The van der Waals surface area contributed by atoms with Crippen molar-refractivity contribution < 1.29 is 18.7 Å². The van der Waals surface area contributed by atoms with E-state index in [-0.39, 0.29) is 25.0 Å². The number of benzene rings is 2. The lowest BCUT2D eigenvalue weighted by Crippen LogP contribution is -2.23. The molecule has 0 amide bonds. The van der Waals surface area contributed by atoms with Gasteiger partial charge in [0.25, 0.3) is 0 Å². The zero-order valence-electron chi connectivity index (χ0n) is 16.0. The molecular weight excluding hydrogens is 479 g/mol. The van der Waals surface area contributed by atoms with Crippen LogP contribution in [0.1, 0.15) is 6.42 Å². The first-order chi connectivity index (χ1) is 14.2. The van der Waals surface area contributed by atoms with E-state index in [1.807, 2.05) is 23.3 Å². The summed E-state index contributed by atoms with van der Waals surface area (Å²) in [4.78, 5) is 13.9. The molecule has 0 radical (unpaired) electrons. The van der Waals surface area contributed by atoms with Crippen LogP contribution in [0.2, 0.25) is 0 Å². The van der Waals surface area contributed by atoms with Gasteiger partial charge in [0.2, 0.25) is 5.88 Å². The lowest BCUT2D eigenvalue weighted by molar-refractivity contribution is -0.114. The number of aromatic nitrogens is 2. The largest absolute Gasteiger partial charge is 0.492 e. The first kappa shape index (κ1) is 22.5. The summed E-state index contributed by atoms with van der Waals surface area (Å²) >= 11 is 3.23. The molecule has 0 atom stereocenters. The number of hydrogen-bond donors (Lipinski definition) is 1. The second-order valence-electron chi connectivity index (χ2n) is 6.41. The van der Waals surface area contributed by atoms with E-state index in [1.54, 1.807) is 12.1 Å². The quantitative estimate of drug-likeness (QED) is 0.460. The van der Waals surface area contributed by atoms with E-state index >= 15 is 0 Å². The fraction of sp³-hybridized carbons (Fsp3) is 0.300. The molecule has 2 aromatic carbocycles. The van der Waals surface area contributed by atoms with Gasteiger partial charge in [0.15, 0.2) is 6.73 Å². The summed E-state index contributed by atoms with van der Waals surface area (Å²) in [6.07, 6.45) is 2.48. The summed E-state index contributed by atoms with van der Waals surface area (Å²) in [6.45, 7) is 3.03. The summed E-state index contributed by atoms with van der Waals surface area (Å²) in [5.41, 5.74) is 1.06. The maximum atomic E-state index is 13.9. The molecule has 30 heavy (non-hydrogen) atoms. The smallest absolute Gasteiger partial charge is 0.226 e. The van der Waals surface area contributed by atoms with Gasteiger partial charge in [-0.3, -0.25) is 4.84 Å². The number of hydrogen-bond acceptors (Lipinski definition) is 7. The summed E-state index contributed by atoms with van der Waals surface area (Å²) < 4.78 is 26.0. The summed E-state index contributed by atoms with van der Waals surface area (Å²) in [7, 11) is 0. The number of ether oxygens (including phenoxy) is 2. The molecular formula is C20H21BrClFN4O3. The minimum atomic E-state index is -0.364. The molecule has 4 rings (SSSR count). The zero-order valence-corrected chi connectivity index (χ0v) is 18.4. The van der Waals surface area contributed by atoms with Crippen LogP contribution < -0.4 is 14.8 Å². The molecule has 1 fully saturated rings. The van der Waals surface area contributed by atoms with Gasteiger partial charge in [0.1, 0.15) is 24.5 Å². The number of rotatable bonds is 8. The number of hydroxylamine groups is 2. The van der Waals surface area contributed by atoms with Crippen LogP contribution in [0.5, 0.6) is 11.6 Å². The van der Waals surface area contributed by atoms with Crippen LogP contribution in [0.3, 0.4) is 0 Å². The normalized spacial score (nSPS) is 13.8. The van der Waals surface area contributed by atoms with Gasteiger partial charge < -0.3 is 14.8 Å². The van der Waals surface area contributed by atoms with Crippen molar-refractivity contribution in [1.29, 1.82) is 0 Å². The van der Waals surface area contributed by atoms with Gasteiger partial charge in [0, 0.05) is 17.1 Å². The van der Waals surface area contributed by atoms with E-state index in [9.17, 15) is 4.39 Å². The average Bonchev–Trinajstić information content (AvgIpc) is 3.23. The van der Waals surface area contributed by atoms with Crippen molar-refractivity contribution in [3.05, 3.63) is 53.0 Å². The molecule has 0 bridgehead atoms. The highest BCUT2D eigenvalue weighted by Crippen LogP contribution is 2.26. The molecule has 0 aliphatic carbocycles. The van der Waals surface area contributed by atoms with E-state index in [1.165, 1.54) is 12.4 Å². The number of fused-ring (bicyclic) bond motifs is 1. The predicted octanol–water partition coefficient (Wildman–Crippen LogP) is 4.42. The van der Waals surface area contributed by atoms with Gasteiger partial charge in [-0.15, -0.1) is 12.4 Å². The van der Waals surface area contributed by atoms with E-state index < -0.39 is 0 Å². The van der Waals surface area contributed by atoms with Gasteiger partial charge in [-0.1, -0.05) is 15.9 Å². The highest BCUT2D eigenvalue weighted by atomic mass is 79.9. The molecule has 1 aliphatic rings. The van der Waals surface area contributed by atoms with Gasteiger partial charge >= 0.3 is 0 Å². The van der Waals surface area contributed by atoms with Gasteiger partial charge in [-0.25, -0.2) is 14.4 Å². The van der Waals surface area contributed by atoms with Crippen LogP contribution in [0, 0.1) is 5.82 Å². The summed E-state index contributed by atoms with van der Waals surface area (Å²) in [6, 6.07) is 10.3. The summed E-state index contributed by atoms with van der Waals surface area (Å²) in [5.74, 6) is 0.769.